The smallest absolute Gasteiger partial charge is 0.308 e. The van der Waals surface area contributed by atoms with Crippen LogP contribution in [0.4, 0.5) is 5.69 Å². The molecule has 0 saturated carbocycles. The van der Waals surface area contributed by atoms with Gasteiger partial charge in [-0.3, -0.25) is 19.7 Å². The number of nitrogens with zero attached hydrogens (tertiary/aromatic N) is 1. The molecule has 0 spiro atoms. The molecule has 7 nitrogen and oxygen atoms in total. The van der Waals surface area contributed by atoms with Gasteiger partial charge >= 0.3 is 5.97 Å². The van der Waals surface area contributed by atoms with Crippen LogP contribution in [-0.4, -0.2) is 24.0 Å². The minimum absolute atomic E-state index is 0.0454. The maximum Gasteiger partial charge on any atom is 0.308 e. The van der Waals surface area contributed by atoms with Gasteiger partial charge in [0, 0.05) is 18.6 Å². The number of aldehydes is 1. The molecule has 0 bridgehead atoms. The van der Waals surface area contributed by atoms with Crippen molar-refractivity contribution in [1.29, 1.82) is 0 Å². The largest absolute Gasteiger partial charge is 0.457 e. The molecule has 7 heteroatoms. The van der Waals surface area contributed by atoms with Crippen molar-refractivity contribution in [3.05, 3.63) is 33.9 Å². The van der Waals surface area contributed by atoms with Crippen molar-refractivity contribution in [2.45, 2.75) is 135 Å². The molecular formula is C30H49NO6. The number of rotatable bonds is 25. The molecular weight excluding hydrogens is 470 g/mol. The summed E-state index contributed by atoms with van der Waals surface area (Å²) < 4.78 is 10.3. The first-order chi connectivity index (χ1) is 18.1. The van der Waals surface area contributed by atoms with E-state index in [2.05, 4.69) is 6.92 Å². The third-order valence-corrected chi connectivity index (χ3v) is 6.75. The highest BCUT2D eigenvalue weighted by molar-refractivity contribution is 5.80. The maximum absolute atomic E-state index is 11.9. The summed E-state index contributed by atoms with van der Waals surface area (Å²) in [5, 5.41) is 10.8. The number of esters is 1. The molecule has 0 fully saturated rings. The summed E-state index contributed by atoms with van der Waals surface area (Å²) in [6, 6.07) is 3.69. The van der Waals surface area contributed by atoms with E-state index >= 15 is 0 Å². The molecule has 0 N–H and O–H groups in total. The molecule has 0 aliphatic carbocycles. The predicted octanol–water partition coefficient (Wildman–Crippen LogP) is 9.11. The van der Waals surface area contributed by atoms with Gasteiger partial charge in [0.05, 0.1) is 10.5 Å². The van der Waals surface area contributed by atoms with Crippen molar-refractivity contribution in [2.24, 2.45) is 0 Å². The Balaban J connectivity index is 1.87. The summed E-state index contributed by atoms with van der Waals surface area (Å²) in [5.74, 6) is -0.196. The molecule has 210 valence electrons. The van der Waals surface area contributed by atoms with Crippen molar-refractivity contribution in [1.82, 2.24) is 0 Å². The van der Waals surface area contributed by atoms with Gasteiger partial charge < -0.3 is 9.47 Å². The Labute approximate surface area is 223 Å². The number of ether oxygens (including phenoxy) is 2. The minimum atomic E-state index is -0.587. The molecule has 1 aromatic carbocycles. The van der Waals surface area contributed by atoms with E-state index in [9.17, 15) is 19.7 Å². The molecule has 0 radical (unpaired) electrons. The SMILES string of the molecule is CCCCCCCCCCCCCCCCCCCCCC(=O)OCOc1ccc([N+](=O)[O-])cc1C=O. The van der Waals surface area contributed by atoms with E-state index in [1.54, 1.807) is 0 Å². The van der Waals surface area contributed by atoms with Gasteiger partial charge in [-0.25, -0.2) is 0 Å². The second kappa shape index (κ2) is 22.7. The van der Waals surface area contributed by atoms with E-state index in [-0.39, 0.29) is 29.8 Å². The van der Waals surface area contributed by atoms with Crippen LogP contribution in [0.15, 0.2) is 18.2 Å². The van der Waals surface area contributed by atoms with Crippen molar-refractivity contribution in [3.8, 4) is 5.75 Å². The lowest BCUT2D eigenvalue weighted by Gasteiger charge is -2.09. The van der Waals surface area contributed by atoms with Crippen LogP contribution in [0.5, 0.6) is 5.75 Å². The van der Waals surface area contributed by atoms with Gasteiger partial charge in [-0.1, -0.05) is 122 Å². The number of carbonyl (C=O) groups excluding carboxylic acids is 2. The third kappa shape index (κ3) is 17.6. The highest BCUT2D eigenvalue weighted by Crippen LogP contribution is 2.23. The molecule has 1 rings (SSSR count). The minimum Gasteiger partial charge on any atom is -0.457 e. The number of hydrogen-bond acceptors (Lipinski definition) is 6. The third-order valence-electron chi connectivity index (χ3n) is 6.75. The Bertz CT molecular complexity index is 752. The lowest BCUT2D eigenvalue weighted by Crippen LogP contribution is -2.11. The van der Waals surface area contributed by atoms with E-state index in [1.165, 1.54) is 115 Å². The number of hydrogen-bond donors (Lipinski definition) is 0. The van der Waals surface area contributed by atoms with Crippen molar-refractivity contribution in [3.63, 3.8) is 0 Å². The average molecular weight is 520 g/mol. The summed E-state index contributed by atoms with van der Waals surface area (Å²) in [4.78, 5) is 33.1. The van der Waals surface area contributed by atoms with Crippen LogP contribution in [-0.2, 0) is 9.53 Å². The molecule has 0 aliphatic heterocycles. The number of unbranched alkanes of at least 4 members (excludes halogenated alkanes) is 18. The predicted molar refractivity (Wildman–Crippen MR) is 148 cm³/mol. The zero-order valence-electron chi connectivity index (χ0n) is 23.1. The van der Waals surface area contributed by atoms with E-state index in [0.29, 0.717) is 12.7 Å². The van der Waals surface area contributed by atoms with Crippen LogP contribution in [0.2, 0.25) is 0 Å². The van der Waals surface area contributed by atoms with E-state index in [1.807, 2.05) is 0 Å². The molecule has 37 heavy (non-hydrogen) atoms. The molecule has 0 atom stereocenters. The summed E-state index contributed by atoms with van der Waals surface area (Å²) >= 11 is 0. The van der Waals surface area contributed by atoms with Gasteiger partial charge in [0.1, 0.15) is 5.75 Å². The van der Waals surface area contributed by atoms with Gasteiger partial charge in [-0.2, -0.15) is 0 Å². The molecule has 0 aromatic heterocycles. The number of carbonyl (C=O) groups is 2. The van der Waals surface area contributed by atoms with Crippen LogP contribution in [0.1, 0.15) is 146 Å². The van der Waals surface area contributed by atoms with Crippen LogP contribution in [0.25, 0.3) is 0 Å². The number of non-ortho nitro benzene ring substituents is 1. The zero-order valence-corrected chi connectivity index (χ0v) is 23.1. The molecule has 0 unspecified atom stereocenters. The van der Waals surface area contributed by atoms with Crippen molar-refractivity contribution in [2.75, 3.05) is 6.79 Å². The van der Waals surface area contributed by atoms with Gasteiger partial charge in [-0.05, 0) is 12.5 Å². The number of benzene rings is 1. The normalized spacial score (nSPS) is 10.8. The first kappa shape index (κ1) is 32.6. The van der Waals surface area contributed by atoms with E-state index in [4.69, 9.17) is 9.47 Å². The lowest BCUT2D eigenvalue weighted by molar-refractivity contribution is -0.384. The van der Waals surface area contributed by atoms with Crippen molar-refractivity contribution < 1.29 is 24.0 Å². The fourth-order valence-electron chi connectivity index (χ4n) is 4.45. The highest BCUT2D eigenvalue weighted by Gasteiger charge is 2.12. The van der Waals surface area contributed by atoms with Crippen molar-refractivity contribution >= 4 is 17.9 Å². The molecule has 0 aliphatic rings. The number of nitro groups is 1. The van der Waals surface area contributed by atoms with Gasteiger partial charge in [-0.15, -0.1) is 0 Å². The van der Waals surface area contributed by atoms with Gasteiger partial charge in [0.25, 0.3) is 5.69 Å². The Hall–Kier alpha value is -2.44. The summed E-state index contributed by atoms with van der Waals surface area (Å²) in [6.07, 6.45) is 25.7. The Morgan fingerprint density at radius 2 is 1.24 bits per heavy atom. The number of nitro benzene ring substituents is 1. The Kier molecular flexibility index (Phi) is 20.0. The fraction of sp³-hybridized carbons (Fsp3) is 0.733. The van der Waals surface area contributed by atoms with Crippen LogP contribution in [0.3, 0.4) is 0 Å². The average Bonchev–Trinajstić information content (AvgIpc) is 2.90. The zero-order chi connectivity index (χ0) is 27.0. The summed E-state index contributed by atoms with van der Waals surface area (Å²) in [6.45, 7) is 1.95. The molecule has 1 aromatic rings. The quantitative estimate of drug-likeness (QED) is 0.0319. The standard InChI is InChI=1S/C30H49NO6/c1-2-3-4-5-6-7-8-9-10-11-12-13-14-15-16-17-18-19-20-21-30(33)37-26-36-29-23-22-28(31(34)35)24-27(29)25-32/h22-25H,2-21,26H2,1H3. The Morgan fingerprint density at radius 1 is 0.784 bits per heavy atom. The first-order valence-corrected chi connectivity index (χ1v) is 14.6. The first-order valence-electron chi connectivity index (χ1n) is 14.6. The fourth-order valence-corrected chi connectivity index (χ4v) is 4.45. The van der Waals surface area contributed by atoms with Crippen LogP contribution < -0.4 is 4.74 Å². The monoisotopic (exact) mass is 519 g/mol. The summed E-state index contributed by atoms with van der Waals surface area (Å²) in [7, 11) is 0. The molecule has 0 heterocycles. The van der Waals surface area contributed by atoms with Gasteiger partial charge in [0.15, 0.2) is 6.29 Å². The van der Waals surface area contributed by atoms with Gasteiger partial charge in [0.2, 0.25) is 6.79 Å². The van der Waals surface area contributed by atoms with Crippen LogP contribution >= 0.6 is 0 Å². The van der Waals surface area contributed by atoms with E-state index in [0.717, 1.165) is 25.3 Å². The molecule has 0 amide bonds. The Morgan fingerprint density at radius 3 is 1.68 bits per heavy atom. The lowest BCUT2D eigenvalue weighted by atomic mass is 10.0. The molecule has 0 saturated heterocycles. The maximum atomic E-state index is 11.9. The second-order valence-corrected chi connectivity index (χ2v) is 9.99. The van der Waals surface area contributed by atoms with E-state index < -0.39 is 4.92 Å². The topological polar surface area (TPSA) is 95.7 Å². The summed E-state index contributed by atoms with van der Waals surface area (Å²) in [5.41, 5.74) is -0.153. The van der Waals surface area contributed by atoms with Crippen LogP contribution in [0, 0.1) is 10.1 Å². The highest BCUT2D eigenvalue weighted by atomic mass is 16.7. The second-order valence-electron chi connectivity index (χ2n) is 9.99.